The SMILES string of the molecule is CC(C)c1c(CBr)ccc(P(=O)(O)O)c1C(C)C. The molecule has 0 radical (unpaired) electrons. The van der Waals surface area contributed by atoms with Gasteiger partial charge < -0.3 is 9.79 Å². The maximum atomic E-state index is 11.6. The van der Waals surface area contributed by atoms with Crippen LogP contribution in [-0.2, 0) is 9.90 Å². The monoisotopic (exact) mass is 334 g/mol. The normalized spacial score (nSPS) is 12.5. The highest BCUT2D eigenvalue weighted by molar-refractivity contribution is 9.08. The van der Waals surface area contributed by atoms with Crippen LogP contribution in [0.15, 0.2) is 12.1 Å². The molecule has 0 aliphatic rings. The summed E-state index contributed by atoms with van der Waals surface area (Å²) in [5.74, 6) is 0.325. The lowest BCUT2D eigenvalue weighted by Crippen LogP contribution is -2.18. The molecule has 0 spiro atoms. The van der Waals surface area contributed by atoms with Gasteiger partial charge in [-0.2, -0.15) is 0 Å². The van der Waals surface area contributed by atoms with E-state index in [0.717, 1.165) is 16.7 Å². The Balaban J connectivity index is 3.68. The van der Waals surface area contributed by atoms with Crippen LogP contribution >= 0.6 is 23.5 Å². The lowest BCUT2D eigenvalue weighted by Gasteiger charge is -2.23. The third kappa shape index (κ3) is 3.24. The quantitative estimate of drug-likeness (QED) is 0.653. The highest BCUT2D eigenvalue weighted by Crippen LogP contribution is 2.40. The first kappa shape index (κ1) is 15.9. The molecule has 0 amide bonds. The van der Waals surface area contributed by atoms with Crippen molar-refractivity contribution >= 4 is 28.8 Å². The van der Waals surface area contributed by atoms with Crippen LogP contribution in [0.2, 0.25) is 0 Å². The predicted octanol–water partition coefficient (Wildman–Crippen LogP) is 3.63. The largest absolute Gasteiger partial charge is 0.356 e. The van der Waals surface area contributed by atoms with Gasteiger partial charge >= 0.3 is 7.60 Å². The smallest absolute Gasteiger partial charge is 0.321 e. The highest BCUT2D eigenvalue weighted by atomic mass is 79.9. The Morgan fingerprint density at radius 2 is 1.61 bits per heavy atom. The summed E-state index contributed by atoms with van der Waals surface area (Å²) in [5, 5.41) is 0.868. The second kappa shape index (κ2) is 5.87. The molecule has 0 heterocycles. The average Bonchev–Trinajstić information content (AvgIpc) is 2.25. The molecule has 102 valence electrons. The molecular formula is C13H20BrO3P. The van der Waals surface area contributed by atoms with Crippen molar-refractivity contribution in [2.24, 2.45) is 0 Å². The van der Waals surface area contributed by atoms with Gasteiger partial charge in [-0.3, -0.25) is 4.57 Å². The van der Waals surface area contributed by atoms with Crippen molar-refractivity contribution in [2.45, 2.75) is 44.9 Å². The number of hydrogen-bond donors (Lipinski definition) is 2. The van der Waals surface area contributed by atoms with E-state index in [2.05, 4.69) is 29.8 Å². The van der Waals surface area contributed by atoms with Crippen molar-refractivity contribution in [3.63, 3.8) is 0 Å². The summed E-state index contributed by atoms with van der Waals surface area (Å²) in [4.78, 5) is 19.0. The Labute approximate surface area is 117 Å². The van der Waals surface area contributed by atoms with Gasteiger partial charge in [0.1, 0.15) is 0 Å². The molecule has 0 unspecified atom stereocenters. The van der Waals surface area contributed by atoms with Crippen LogP contribution in [0.3, 0.4) is 0 Å². The van der Waals surface area contributed by atoms with Gasteiger partial charge in [0.05, 0.1) is 5.30 Å². The van der Waals surface area contributed by atoms with Gasteiger partial charge in [0.25, 0.3) is 0 Å². The van der Waals surface area contributed by atoms with Crippen LogP contribution in [0.4, 0.5) is 0 Å². The van der Waals surface area contributed by atoms with Crippen molar-refractivity contribution in [3.05, 3.63) is 28.8 Å². The van der Waals surface area contributed by atoms with Gasteiger partial charge in [-0.1, -0.05) is 49.7 Å². The Kier molecular flexibility index (Phi) is 5.19. The first-order valence-corrected chi connectivity index (χ1v) is 8.71. The maximum absolute atomic E-state index is 11.6. The number of halogens is 1. The zero-order valence-electron chi connectivity index (χ0n) is 11.1. The third-order valence-electron chi connectivity index (χ3n) is 2.97. The van der Waals surface area contributed by atoms with Crippen molar-refractivity contribution < 1.29 is 14.4 Å². The van der Waals surface area contributed by atoms with Crippen LogP contribution < -0.4 is 5.30 Å². The Morgan fingerprint density at radius 3 is 1.94 bits per heavy atom. The Hall–Kier alpha value is -0.150. The minimum Gasteiger partial charge on any atom is -0.321 e. The molecule has 3 nitrogen and oxygen atoms in total. The molecular weight excluding hydrogens is 315 g/mol. The topological polar surface area (TPSA) is 57.5 Å². The fourth-order valence-electron chi connectivity index (χ4n) is 2.33. The molecule has 0 aliphatic carbocycles. The van der Waals surface area contributed by atoms with Gasteiger partial charge in [0.2, 0.25) is 0 Å². The zero-order valence-corrected chi connectivity index (χ0v) is 13.6. The summed E-state index contributed by atoms with van der Waals surface area (Å²) < 4.78 is 11.6. The molecule has 1 rings (SSSR count). The van der Waals surface area contributed by atoms with E-state index in [1.165, 1.54) is 0 Å². The van der Waals surface area contributed by atoms with E-state index in [4.69, 9.17) is 0 Å². The minimum absolute atomic E-state index is 0.0871. The van der Waals surface area contributed by atoms with Crippen LogP contribution in [0.5, 0.6) is 0 Å². The third-order valence-corrected chi connectivity index (χ3v) is 4.59. The second-order valence-corrected chi connectivity index (χ2v) is 7.19. The van der Waals surface area contributed by atoms with E-state index in [0.29, 0.717) is 5.33 Å². The fraction of sp³-hybridized carbons (Fsp3) is 0.538. The molecule has 1 aromatic rings. The van der Waals surface area contributed by atoms with E-state index in [1.54, 1.807) is 6.07 Å². The fourth-order valence-corrected chi connectivity index (χ4v) is 3.78. The molecule has 0 bridgehead atoms. The van der Waals surface area contributed by atoms with E-state index in [-0.39, 0.29) is 17.1 Å². The van der Waals surface area contributed by atoms with Gasteiger partial charge in [-0.05, 0) is 34.6 Å². The molecule has 0 aliphatic heterocycles. The number of rotatable bonds is 4. The lowest BCUT2D eigenvalue weighted by atomic mass is 9.87. The first-order chi connectivity index (χ1) is 8.20. The molecule has 5 heteroatoms. The summed E-state index contributed by atoms with van der Waals surface area (Å²) in [6.07, 6.45) is 0. The summed E-state index contributed by atoms with van der Waals surface area (Å²) in [6, 6.07) is 3.38. The summed E-state index contributed by atoms with van der Waals surface area (Å²) in [5.41, 5.74) is 2.96. The van der Waals surface area contributed by atoms with Gasteiger partial charge in [-0.25, -0.2) is 0 Å². The number of alkyl halides is 1. The molecule has 0 saturated heterocycles. The summed E-state index contributed by atoms with van der Waals surface area (Å²) >= 11 is 3.44. The predicted molar refractivity (Wildman–Crippen MR) is 78.9 cm³/mol. The molecule has 0 atom stereocenters. The summed E-state index contributed by atoms with van der Waals surface area (Å²) in [7, 11) is -4.22. The van der Waals surface area contributed by atoms with Crippen molar-refractivity contribution in [1.29, 1.82) is 0 Å². The first-order valence-electron chi connectivity index (χ1n) is 5.97. The van der Waals surface area contributed by atoms with Gasteiger partial charge in [0, 0.05) is 5.33 Å². The van der Waals surface area contributed by atoms with E-state index >= 15 is 0 Å². The molecule has 0 saturated carbocycles. The molecule has 2 N–H and O–H groups in total. The zero-order chi connectivity index (χ0) is 14.1. The Morgan fingerprint density at radius 1 is 1.11 bits per heavy atom. The van der Waals surface area contributed by atoms with E-state index < -0.39 is 7.60 Å². The molecule has 18 heavy (non-hydrogen) atoms. The minimum atomic E-state index is -4.22. The molecule has 0 aromatic heterocycles. The Bertz CT molecular complexity index is 477. The van der Waals surface area contributed by atoms with Crippen molar-refractivity contribution in [3.8, 4) is 0 Å². The highest BCUT2D eigenvalue weighted by Gasteiger charge is 2.27. The summed E-state index contributed by atoms with van der Waals surface area (Å²) in [6.45, 7) is 8.05. The average molecular weight is 335 g/mol. The van der Waals surface area contributed by atoms with Crippen LogP contribution in [0, 0.1) is 0 Å². The van der Waals surface area contributed by atoms with E-state index in [9.17, 15) is 14.4 Å². The molecule has 1 aromatic carbocycles. The van der Waals surface area contributed by atoms with Crippen molar-refractivity contribution in [1.82, 2.24) is 0 Å². The maximum Gasteiger partial charge on any atom is 0.356 e. The van der Waals surface area contributed by atoms with Crippen molar-refractivity contribution in [2.75, 3.05) is 0 Å². The van der Waals surface area contributed by atoms with Crippen LogP contribution in [0.1, 0.15) is 56.2 Å². The van der Waals surface area contributed by atoms with Crippen LogP contribution in [0.25, 0.3) is 0 Å². The van der Waals surface area contributed by atoms with E-state index in [1.807, 2.05) is 19.9 Å². The second-order valence-electron chi connectivity index (χ2n) is 5.06. The van der Waals surface area contributed by atoms with Gasteiger partial charge in [-0.15, -0.1) is 0 Å². The number of benzene rings is 1. The number of hydrogen-bond acceptors (Lipinski definition) is 1. The van der Waals surface area contributed by atoms with Crippen LogP contribution in [-0.4, -0.2) is 9.79 Å². The van der Waals surface area contributed by atoms with Gasteiger partial charge in [0.15, 0.2) is 0 Å². The standard InChI is InChI=1S/C13H20BrO3P/c1-8(2)12-10(7-14)5-6-11(18(15,16)17)13(12)9(3)4/h5-6,8-9H,7H2,1-4H3,(H2,15,16,17). The lowest BCUT2D eigenvalue weighted by molar-refractivity contribution is 0.387. The molecule has 0 fully saturated rings.